The molecule has 2 rings (SSSR count). The monoisotopic (exact) mass is 330 g/mol. The molecule has 1 aromatic heterocycles. The van der Waals surface area contributed by atoms with Crippen molar-refractivity contribution in [1.29, 1.82) is 0 Å². The van der Waals surface area contributed by atoms with Crippen molar-refractivity contribution in [1.82, 2.24) is 4.98 Å². The summed E-state index contributed by atoms with van der Waals surface area (Å²) >= 11 is 0. The van der Waals surface area contributed by atoms with Crippen LogP contribution in [0.15, 0.2) is 36.5 Å². The minimum absolute atomic E-state index is 0. The molecule has 0 amide bonds. The molecule has 0 saturated heterocycles. The quantitative estimate of drug-likeness (QED) is 0.410. The van der Waals surface area contributed by atoms with E-state index in [9.17, 15) is 5.11 Å². The van der Waals surface area contributed by atoms with Crippen LogP contribution in [0.25, 0.3) is 10.9 Å². The minimum atomic E-state index is -5.39. The fourth-order valence-corrected chi connectivity index (χ4v) is 1.08. The van der Waals surface area contributed by atoms with E-state index in [0.717, 1.165) is 5.39 Å². The SMILES string of the molecule is O=P([O-])([O-])[O-].[Al+3].[O-]c1cccc2cccnc12.[Zn+2]. The number of fused-ring (bicyclic) bond motifs is 1. The van der Waals surface area contributed by atoms with Gasteiger partial charge in [-0.05, 0) is 11.5 Å². The summed E-state index contributed by atoms with van der Waals surface area (Å²) in [6, 6.07) is 8.84. The van der Waals surface area contributed by atoms with Crippen molar-refractivity contribution >= 4 is 36.1 Å². The fraction of sp³-hybridized carbons (Fsp3) is 0. The molecule has 0 bridgehead atoms. The Hall–Kier alpha value is -0.304. The molecule has 0 radical (unpaired) electrons. The van der Waals surface area contributed by atoms with Crippen LogP contribution < -0.4 is 19.8 Å². The van der Waals surface area contributed by atoms with E-state index in [4.69, 9.17) is 19.2 Å². The van der Waals surface area contributed by atoms with E-state index in [2.05, 4.69) is 4.98 Å². The largest absolute Gasteiger partial charge is 3.00 e. The number of hydrogen-bond donors (Lipinski definition) is 0. The molecular weight excluding hydrogens is 325 g/mol. The van der Waals surface area contributed by atoms with E-state index in [1.807, 2.05) is 18.2 Å². The molecule has 0 saturated carbocycles. The van der Waals surface area contributed by atoms with Crippen LogP contribution in [-0.2, 0) is 24.0 Å². The Labute approximate surface area is 127 Å². The Balaban J connectivity index is 0. The van der Waals surface area contributed by atoms with Crippen molar-refractivity contribution in [3.05, 3.63) is 36.5 Å². The number of rotatable bonds is 0. The first-order valence-electron chi connectivity index (χ1n) is 4.12. The average Bonchev–Trinajstić information content (AvgIpc) is 2.16. The van der Waals surface area contributed by atoms with E-state index in [1.54, 1.807) is 12.3 Å². The molecule has 6 nitrogen and oxygen atoms in total. The Morgan fingerprint density at radius 3 is 2.06 bits per heavy atom. The van der Waals surface area contributed by atoms with E-state index < -0.39 is 7.82 Å². The van der Waals surface area contributed by atoms with E-state index in [-0.39, 0.29) is 42.6 Å². The zero-order valence-electron chi connectivity index (χ0n) is 9.18. The predicted octanol–water partition coefficient (Wildman–Crippen LogP) is -1.90. The van der Waals surface area contributed by atoms with Crippen molar-refractivity contribution in [2.75, 3.05) is 0 Å². The summed E-state index contributed by atoms with van der Waals surface area (Å²) in [5.74, 6) is -0.0110. The van der Waals surface area contributed by atoms with Crippen molar-refractivity contribution in [2.24, 2.45) is 0 Å². The average molecular weight is 331 g/mol. The molecule has 0 spiro atoms. The van der Waals surface area contributed by atoms with Gasteiger partial charge in [-0.15, -0.1) is 0 Å². The summed E-state index contributed by atoms with van der Waals surface area (Å²) in [6.07, 6.45) is 1.63. The molecule has 0 N–H and O–H groups in total. The molecule has 0 aliphatic heterocycles. The summed E-state index contributed by atoms with van der Waals surface area (Å²) in [6.45, 7) is 0. The second kappa shape index (κ2) is 8.74. The van der Waals surface area contributed by atoms with Gasteiger partial charge in [0.15, 0.2) is 0 Å². The number of benzene rings is 1. The second-order valence-electron chi connectivity index (χ2n) is 2.78. The molecule has 0 fully saturated rings. The van der Waals surface area contributed by atoms with Crippen LogP contribution in [0, 0.1) is 0 Å². The molecule has 18 heavy (non-hydrogen) atoms. The smallest absolute Gasteiger partial charge is 0.871 e. The minimum Gasteiger partial charge on any atom is -0.871 e. The van der Waals surface area contributed by atoms with Gasteiger partial charge in [-0.2, -0.15) is 7.82 Å². The number of para-hydroxylation sites is 1. The standard InChI is InChI=1S/C9H7NO.Al.H3O4P.Zn/c11-8-5-1-3-7-4-2-6-10-9(7)8;;1-5(2,3)4;/h1-6,11H;;(H3,1,2,3,4);/q;+3;;+2/p-4. The molecule has 0 aliphatic rings. The molecule has 86 valence electrons. The van der Waals surface area contributed by atoms with Crippen LogP contribution in [0.4, 0.5) is 0 Å². The zero-order chi connectivity index (χ0) is 12.2. The van der Waals surface area contributed by atoms with Gasteiger partial charge in [0.1, 0.15) is 0 Å². The van der Waals surface area contributed by atoms with Gasteiger partial charge < -0.3 is 24.4 Å². The first-order chi connectivity index (χ1) is 7.38. The first kappa shape index (κ1) is 20.0. The Morgan fingerprint density at radius 2 is 1.56 bits per heavy atom. The van der Waals surface area contributed by atoms with Gasteiger partial charge in [0.2, 0.25) is 0 Å². The number of hydrogen-bond acceptors (Lipinski definition) is 6. The van der Waals surface area contributed by atoms with Gasteiger partial charge in [-0.1, -0.05) is 30.0 Å². The van der Waals surface area contributed by atoms with Crippen molar-refractivity contribution in [3.63, 3.8) is 0 Å². The van der Waals surface area contributed by atoms with Crippen LogP contribution in [0.5, 0.6) is 5.75 Å². The molecule has 0 atom stereocenters. The van der Waals surface area contributed by atoms with Gasteiger partial charge in [0, 0.05) is 6.20 Å². The third-order valence-corrected chi connectivity index (χ3v) is 1.60. The van der Waals surface area contributed by atoms with Crippen LogP contribution in [-0.4, -0.2) is 22.3 Å². The number of phosphoric acid groups is 1. The zero-order valence-corrected chi connectivity index (χ0v) is 14.2. The van der Waals surface area contributed by atoms with E-state index in [0.29, 0.717) is 5.52 Å². The number of nitrogens with zero attached hydrogens (tertiary/aromatic N) is 1. The molecule has 2 aromatic rings. The summed E-state index contributed by atoms with van der Waals surface area (Å²) in [4.78, 5) is 29.6. The normalized spacial score (nSPS) is 9.50. The predicted molar refractivity (Wildman–Crippen MR) is 54.5 cm³/mol. The number of aromatic nitrogens is 1. The van der Waals surface area contributed by atoms with Crippen LogP contribution in [0.3, 0.4) is 0 Å². The second-order valence-corrected chi connectivity index (χ2v) is 3.67. The van der Waals surface area contributed by atoms with Crippen LogP contribution >= 0.6 is 7.82 Å². The van der Waals surface area contributed by atoms with Gasteiger partial charge >= 0.3 is 36.8 Å². The Kier molecular flexibility index (Phi) is 9.72. The molecular formula is C9H6AlNO5PZn+. The number of pyridine rings is 1. The van der Waals surface area contributed by atoms with Crippen LogP contribution in [0.1, 0.15) is 0 Å². The van der Waals surface area contributed by atoms with E-state index in [1.165, 1.54) is 6.07 Å². The molecule has 9 heteroatoms. The topological polar surface area (TPSA) is 122 Å². The van der Waals surface area contributed by atoms with Crippen molar-refractivity contribution in [2.45, 2.75) is 0 Å². The van der Waals surface area contributed by atoms with Gasteiger partial charge in [0.05, 0.1) is 5.52 Å². The molecule has 0 unspecified atom stereocenters. The molecule has 1 aromatic carbocycles. The maximum atomic E-state index is 11.1. The van der Waals surface area contributed by atoms with Crippen LogP contribution in [0.2, 0.25) is 0 Å². The third-order valence-electron chi connectivity index (χ3n) is 1.60. The summed E-state index contributed by atoms with van der Waals surface area (Å²) < 4.78 is 8.55. The summed E-state index contributed by atoms with van der Waals surface area (Å²) in [7, 11) is -5.39. The van der Waals surface area contributed by atoms with Crippen molar-refractivity contribution in [3.8, 4) is 5.75 Å². The Morgan fingerprint density at radius 1 is 1.06 bits per heavy atom. The summed E-state index contributed by atoms with van der Waals surface area (Å²) in [5.41, 5.74) is 0.551. The van der Waals surface area contributed by atoms with Gasteiger partial charge in [0.25, 0.3) is 0 Å². The first-order valence-corrected chi connectivity index (χ1v) is 5.58. The summed E-state index contributed by atoms with van der Waals surface area (Å²) in [5, 5.41) is 12.0. The Bertz CT molecular complexity index is 522. The third kappa shape index (κ3) is 7.91. The van der Waals surface area contributed by atoms with Gasteiger partial charge in [-0.25, -0.2) is 0 Å². The van der Waals surface area contributed by atoms with Gasteiger partial charge in [-0.3, -0.25) is 4.98 Å². The van der Waals surface area contributed by atoms with E-state index >= 15 is 0 Å². The fourth-order valence-electron chi connectivity index (χ4n) is 1.08. The molecule has 1 heterocycles. The maximum Gasteiger partial charge on any atom is 3.00 e. The van der Waals surface area contributed by atoms with Crippen molar-refractivity contribution < 1.29 is 43.8 Å². The molecule has 0 aliphatic carbocycles. The maximum absolute atomic E-state index is 11.1.